The van der Waals surface area contributed by atoms with Crippen LogP contribution in [0, 0.1) is 23.7 Å². The Bertz CT molecular complexity index is 622. The van der Waals surface area contributed by atoms with Gasteiger partial charge < -0.3 is 14.2 Å². The van der Waals surface area contributed by atoms with Crippen molar-refractivity contribution in [2.75, 3.05) is 0 Å². The lowest BCUT2D eigenvalue weighted by Gasteiger charge is -2.39. The highest BCUT2D eigenvalue weighted by molar-refractivity contribution is 5.86. The number of fused-ring (bicyclic) bond motifs is 1. The van der Waals surface area contributed by atoms with Gasteiger partial charge in [-0.25, -0.2) is 0 Å². The van der Waals surface area contributed by atoms with Crippen molar-refractivity contribution < 1.29 is 28.6 Å². The van der Waals surface area contributed by atoms with Gasteiger partial charge in [0.2, 0.25) is 0 Å². The Morgan fingerprint density at radius 3 is 2.59 bits per heavy atom. The van der Waals surface area contributed by atoms with Gasteiger partial charge in [0.15, 0.2) is 0 Å². The maximum Gasteiger partial charge on any atom is 0.310 e. The zero-order valence-corrected chi connectivity index (χ0v) is 16.3. The van der Waals surface area contributed by atoms with Gasteiger partial charge in [0.05, 0.1) is 11.8 Å². The van der Waals surface area contributed by atoms with Crippen LogP contribution in [-0.4, -0.2) is 35.7 Å². The molecule has 0 N–H and O–H groups in total. The van der Waals surface area contributed by atoms with E-state index in [0.29, 0.717) is 6.42 Å². The van der Waals surface area contributed by atoms with Gasteiger partial charge in [-0.15, -0.1) is 0 Å². The monoisotopic (exact) mass is 378 g/mol. The molecule has 6 atom stereocenters. The van der Waals surface area contributed by atoms with Crippen molar-refractivity contribution in [1.82, 2.24) is 0 Å². The van der Waals surface area contributed by atoms with E-state index in [1.807, 2.05) is 0 Å². The molecule has 1 aliphatic heterocycles. The van der Waals surface area contributed by atoms with E-state index in [4.69, 9.17) is 14.2 Å². The fourth-order valence-electron chi connectivity index (χ4n) is 6.04. The fourth-order valence-corrected chi connectivity index (χ4v) is 6.04. The Labute approximate surface area is 160 Å². The SMILES string of the molecule is CCCCC1(OC(=O)C2C3CC4C(OC(=O)C42)C3OC(C)=O)CCCCC1. The summed E-state index contributed by atoms with van der Waals surface area (Å²) in [6.45, 7) is 3.50. The topological polar surface area (TPSA) is 78.9 Å². The number of unbranched alkanes of at least 4 members (excludes halogenated alkanes) is 1. The zero-order valence-electron chi connectivity index (χ0n) is 16.3. The van der Waals surface area contributed by atoms with E-state index in [0.717, 1.165) is 44.9 Å². The van der Waals surface area contributed by atoms with Crippen molar-refractivity contribution >= 4 is 17.9 Å². The first-order valence-electron chi connectivity index (χ1n) is 10.6. The van der Waals surface area contributed by atoms with Crippen LogP contribution >= 0.6 is 0 Å². The number of esters is 3. The third kappa shape index (κ3) is 3.15. The van der Waals surface area contributed by atoms with E-state index in [9.17, 15) is 14.4 Å². The second kappa shape index (κ2) is 7.10. The van der Waals surface area contributed by atoms with Crippen LogP contribution in [-0.2, 0) is 28.6 Å². The quantitative estimate of drug-likeness (QED) is 0.522. The third-order valence-electron chi connectivity index (χ3n) is 7.19. The van der Waals surface area contributed by atoms with Gasteiger partial charge in [-0.3, -0.25) is 14.4 Å². The van der Waals surface area contributed by atoms with E-state index in [1.54, 1.807) is 0 Å². The predicted octanol–water partition coefficient (Wildman–Crippen LogP) is 3.16. The Hall–Kier alpha value is -1.59. The number of carbonyl (C=O) groups excluding carboxylic acids is 3. The van der Waals surface area contributed by atoms with Crippen molar-refractivity contribution in [3.05, 3.63) is 0 Å². The minimum Gasteiger partial charge on any atom is -0.459 e. The van der Waals surface area contributed by atoms with Crippen LogP contribution in [0.2, 0.25) is 0 Å². The zero-order chi connectivity index (χ0) is 19.2. The molecule has 6 unspecified atom stereocenters. The Morgan fingerprint density at radius 1 is 1.19 bits per heavy atom. The van der Waals surface area contributed by atoms with Crippen LogP contribution in [0.3, 0.4) is 0 Å². The molecular weight excluding hydrogens is 348 g/mol. The molecule has 4 fully saturated rings. The van der Waals surface area contributed by atoms with Crippen LogP contribution in [0.1, 0.15) is 71.6 Å². The molecule has 2 bridgehead atoms. The minimum absolute atomic E-state index is 0.0256. The molecule has 3 aliphatic carbocycles. The standard InChI is InChI=1S/C21H30O6/c1-3-4-8-21(9-6-5-7-10-21)27-20(24)16-14-11-13-15(16)19(23)26-18(13)17(14)25-12(2)22/h13-18H,3-11H2,1-2H3. The van der Waals surface area contributed by atoms with Gasteiger partial charge in [-0.2, -0.15) is 0 Å². The molecule has 1 saturated heterocycles. The summed E-state index contributed by atoms with van der Waals surface area (Å²) in [6.07, 6.45) is 7.96. The van der Waals surface area contributed by atoms with Gasteiger partial charge in [-0.05, 0) is 44.9 Å². The highest BCUT2D eigenvalue weighted by Crippen LogP contribution is 2.59. The predicted molar refractivity (Wildman–Crippen MR) is 95.4 cm³/mol. The molecular formula is C21H30O6. The molecule has 6 heteroatoms. The normalized spacial score (nSPS) is 38.5. The molecule has 0 aromatic carbocycles. The van der Waals surface area contributed by atoms with Crippen molar-refractivity contribution in [2.24, 2.45) is 23.7 Å². The van der Waals surface area contributed by atoms with Gasteiger partial charge in [-0.1, -0.05) is 19.8 Å². The van der Waals surface area contributed by atoms with Crippen molar-refractivity contribution in [3.8, 4) is 0 Å². The lowest BCUT2D eigenvalue weighted by Crippen LogP contribution is -2.46. The highest BCUT2D eigenvalue weighted by atomic mass is 16.6. The second-order valence-corrected chi connectivity index (χ2v) is 8.86. The van der Waals surface area contributed by atoms with E-state index in [-0.39, 0.29) is 35.5 Å². The summed E-state index contributed by atoms with van der Waals surface area (Å²) in [7, 11) is 0. The van der Waals surface area contributed by atoms with E-state index in [1.165, 1.54) is 13.3 Å². The molecule has 27 heavy (non-hydrogen) atoms. The van der Waals surface area contributed by atoms with Crippen molar-refractivity contribution in [3.63, 3.8) is 0 Å². The highest BCUT2D eigenvalue weighted by Gasteiger charge is 2.70. The van der Waals surface area contributed by atoms with Gasteiger partial charge in [0, 0.05) is 18.8 Å². The molecule has 150 valence electrons. The minimum atomic E-state index is -0.536. The first kappa shape index (κ1) is 18.8. The molecule has 0 aromatic rings. The summed E-state index contributed by atoms with van der Waals surface area (Å²) in [6, 6.07) is 0. The molecule has 4 rings (SSSR count). The van der Waals surface area contributed by atoms with Crippen LogP contribution < -0.4 is 0 Å². The van der Waals surface area contributed by atoms with Crippen LogP contribution in [0.4, 0.5) is 0 Å². The van der Waals surface area contributed by atoms with Crippen LogP contribution in [0.15, 0.2) is 0 Å². The van der Waals surface area contributed by atoms with Crippen molar-refractivity contribution in [1.29, 1.82) is 0 Å². The Balaban J connectivity index is 1.53. The average molecular weight is 378 g/mol. The molecule has 6 nitrogen and oxygen atoms in total. The van der Waals surface area contributed by atoms with Gasteiger partial charge in [0.25, 0.3) is 0 Å². The largest absolute Gasteiger partial charge is 0.459 e. The maximum atomic E-state index is 13.3. The Morgan fingerprint density at radius 2 is 1.93 bits per heavy atom. The summed E-state index contributed by atoms with van der Waals surface area (Å²) >= 11 is 0. The van der Waals surface area contributed by atoms with Crippen molar-refractivity contribution in [2.45, 2.75) is 89.4 Å². The van der Waals surface area contributed by atoms with E-state index < -0.39 is 23.9 Å². The molecule has 3 saturated carbocycles. The summed E-state index contributed by atoms with van der Waals surface area (Å²) in [4.78, 5) is 37.2. The first-order chi connectivity index (χ1) is 13.0. The lowest BCUT2D eigenvalue weighted by atomic mass is 9.77. The molecule has 0 spiro atoms. The maximum absolute atomic E-state index is 13.3. The fraction of sp³-hybridized carbons (Fsp3) is 0.857. The Kier molecular flexibility index (Phi) is 4.93. The number of hydrogen-bond donors (Lipinski definition) is 0. The van der Waals surface area contributed by atoms with Gasteiger partial charge in [0.1, 0.15) is 17.8 Å². The molecule has 0 radical (unpaired) electrons. The molecule has 0 aromatic heterocycles. The van der Waals surface area contributed by atoms with Crippen LogP contribution in [0.5, 0.6) is 0 Å². The molecule has 1 heterocycles. The third-order valence-corrected chi connectivity index (χ3v) is 7.19. The number of rotatable bonds is 6. The molecule has 4 aliphatic rings. The molecule has 0 amide bonds. The smallest absolute Gasteiger partial charge is 0.310 e. The summed E-state index contributed by atoms with van der Waals surface area (Å²) in [5.41, 5.74) is -0.383. The van der Waals surface area contributed by atoms with Gasteiger partial charge >= 0.3 is 17.9 Å². The average Bonchev–Trinajstić information content (AvgIpc) is 3.24. The number of carbonyl (C=O) groups is 3. The summed E-state index contributed by atoms with van der Waals surface area (Å²) in [5.74, 6) is -2.15. The number of hydrogen-bond acceptors (Lipinski definition) is 6. The lowest BCUT2D eigenvalue weighted by molar-refractivity contribution is -0.178. The summed E-state index contributed by atoms with van der Waals surface area (Å²) < 4.78 is 17.1. The second-order valence-electron chi connectivity index (χ2n) is 8.86. The van der Waals surface area contributed by atoms with E-state index in [2.05, 4.69) is 6.92 Å². The first-order valence-corrected chi connectivity index (χ1v) is 10.6. The van der Waals surface area contributed by atoms with E-state index >= 15 is 0 Å². The number of ether oxygens (including phenoxy) is 3. The summed E-state index contributed by atoms with van der Waals surface area (Å²) in [5, 5.41) is 0. The van der Waals surface area contributed by atoms with Crippen LogP contribution in [0.25, 0.3) is 0 Å².